The third-order valence-corrected chi connectivity index (χ3v) is 2.88. The van der Waals surface area contributed by atoms with Gasteiger partial charge in [-0.15, -0.1) is 0 Å². The summed E-state index contributed by atoms with van der Waals surface area (Å²) in [6.45, 7) is 3.85. The van der Waals surface area contributed by atoms with Crippen LogP contribution < -0.4 is 4.74 Å². The molecule has 0 unspecified atom stereocenters. The molecule has 0 aliphatic heterocycles. The molecule has 1 aromatic carbocycles. The monoisotopic (exact) mass is 237 g/mol. The number of hydrogen-bond donors (Lipinski definition) is 1. The topological polar surface area (TPSA) is 53.2 Å². The Morgan fingerprint density at radius 3 is 2.53 bits per heavy atom. The van der Waals surface area contributed by atoms with Crippen LogP contribution in [0.3, 0.4) is 0 Å². The molecule has 0 fully saturated rings. The summed E-state index contributed by atoms with van der Waals surface area (Å²) in [5, 5.41) is 18.6. The molecule has 0 amide bonds. The minimum absolute atomic E-state index is 0.0152. The maximum absolute atomic E-state index is 13.3. The van der Waals surface area contributed by atoms with Crippen LogP contribution in [0.25, 0.3) is 0 Å². The Morgan fingerprint density at radius 2 is 2.06 bits per heavy atom. The van der Waals surface area contributed by atoms with Crippen LogP contribution >= 0.6 is 0 Å². The van der Waals surface area contributed by atoms with Gasteiger partial charge in [0.15, 0.2) is 0 Å². The zero-order valence-electron chi connectivity index (χ0n) is 10.0. The third kappa shape index (κ3) is 3.43. The van der Waals surface area contributed by atoms with Gasteiger partial charge in [0, 0.05) is 6.07 Å². The summed E-state index contributed by atoms with van der Waals surface area (Å²) in [7, 11) is 0. The smallest absolute Gasteiger partial charge is 0.144 e. The lowest BCUT2D eigenvalue weighted by Crippen LogP contribution is -2.34. The summed E-state index contributed by atoms with van der Waals surface area (Å²) in [6, 6.07) is 5.78. The van der Waals surface area contributed by atoms with Crippen LogP contribution in [-0.2, 0) is 0 Å². The van der Waals surface area contributed by atoms with Crippen LogP contribution in [0.5, 0.6) is 5.75 Å². The van der Waals surface area contributed by atoms with Crippen molar-refractivity contribution >= 4 is 0 Å². The quantitative estimate of drug-likeness (QED) is 0.856. The zero-order valence-corrected chi connectivity index (χ0v) is 10.0. The van der Waals surface area contributed by atoms with Crippen molar-refractivity contribution in [1.29, 1.82) is 5.26 Å². The number of ether oxygens (including phenoxy) is 1. The van der Waals surface area contributed by atoms with Gasteiger partial charge >= 0.3 is 0 Å². The molecule has 0 aliphatic rings. The summed E-state index contributed by atoms with van der Waals surface area (Å²) in [5.74, 6) is -0.289. The van der Waals surface area contributed by atoms with Gasteiger partial charge in [0.05, 0.1) is 11.2 Å². The maximum Gasteiger partial charge on any atom is 0.144 e. The Morgan fingerprint density at radius 1 is 1.41 bits per heavy atom. The van der Waals surface area contributed by atoms with Crippen LogP contribution in [0.4, 0.5) is 4.39 Å². The van der Waals surface area contributed by atoms with E-state index in [0.29, 0.717) is 18.6 Å². The average molecular weight is 237 g/mol. The molecule has 3 nitrogen and oxygen atoms in total. The molecule has 0 heterocycles. The number of nitriles is 1. The minimum Gasteiger partial charge on any atom is -0.490 e. The molecule has 1 aromatic rings. The zero-order chi connectivity index (χ0) is 12.9. The number of rotatable bonds is 5. The third-order valence-electron chi connectivity index (χ3n) is 2.88. The number of halogens is 1. The van der Waals surface area contributed by atoms with E-state index in [1.807, 2.05) is 13.8 Å². The molecular weight excluding hydrogens is 221 g/mol. The minimum atomic E-state index is -0.885. The van der Waals surface area contributed by atoms with Gasteiger partial charge < -0.3 is 9.84 Å². The van der Waals surface area contributed by atoms with Gasteiger partial charge in [-0.05, 0) is 25.0 Å². The summed E-state index contributed by atoms with van der Waals surface area (Å²) < 4.78 is 18.6. The first-order chi connectivity index (χ1) is 8.04. The van der Waals surface area contributed by atoms with Crippen molar-refractivity contribution < 1.29 is 14.2 Å². The van der Waals surface area contributed by atoms with Crippen molar-refractivity contribution in [3.05, 3.63) is 29.6 Å². The van der Waals surface area contributed by atoms with Gasteiger partial charge in [0.25, 0.3) is 0 Å². The lowest BCUT2D eigenvalue weighted by molar-refractivity contribution is -0.0114. The van der Waals surface area contributed by atoms with Crippen molar-refractivity contribution in [3.63, 3.8) is 0 Å². The van der Waals surface area contributed by atoms with Gasteiger partial charge in [-0.2, -0.15) is 5.26 Å². The Bertz CT molecular complexity index is 422. The molecule has 0 spiro atoms. The van der Waals surface area contributed by atoms with Gasteiger partial charge in [-0.25, -0.2) is 4.39 Å². The maximum atomic E-state index is 13.3. The largest absolute Gasteiger partial charge is 0.490 e. The van der Waals surface area contributed by atoms with Gasteiger partial charge in [0.1, 0.15) is 24.2 Å². The number of nitrogens with zero attached hydrogens (tertiary/aromatic N) is 1. The molecule has 0 aromatic heterocycles. The fourth-order valence-corrected chi connectivity index (χ4v) is 1.35. The van der Waals surface area contributed by atoms with E-state index in [0.717, 1.165) is 6.07 Å². The average Bonchev–Trinajstić information content (AvgIpc) is 2.36. The van der Waals surface area contributed by atoms with Crippen LogP contribution in [0, 0.1) is 17.1 Å². The Kier molecular flexibility index (Phi) is 4.47. The molecule has 1 rings (SSSR count). The molecule has 0 atom stereocenters. The summed E-state index contributed by atoms with van der Waals surface area (Å²) >= 11 is 0. The van der Waals surface area contributed by atoms with Gasteiger partial charge in [-0.3, -0.25) is 0 Å². The fraction of sp³-hybridized carbons (Fsp3) is 0.462. The molecule has 0 radical (unpaired) electrons. The van der Waals surface area contributed by atoms with Crippen molar-refractivity contribution in [1.82, 2.24) is 0 Å². The lowest BCUT2D eigenvalue weighted by atomic mass is 9.99. The van der Waals surface area contributed by atoms with E-state index in [2.05, 4.69) is 0 Å². The highest BCUT2D eigenvalue weighted by Crippen LogP contribution is 2.20. The first-order valence-corrected chi connectivity index (χ1v) is 5.59. The summed E-state index contributed by atoms with van der Waals surface area (Å²) in [6.07, 6.45) is 1.14. The number of hydrogen-bond acceptors (Lipinski definition) is 3. The van der Waals surface area contributed by atoms with E-state index in [4.69, 9.17) is 10.00 Å². The standard InChI is InChI=1S/C13H16FNO2/c1-3-13(16,4-2)9-17-11-6-5-10(8-15)12(14)7-11/h5-7,16H,3-4,9H2,1-2H3. The predicted molar refractivity (Wildman–Crippen MR) is 62.1 cm³/mol. The first-order valence-electron chi connectivity index (χ1n) is 5.59. The predicted octanol–water partition coefficient (Wildman–Crippen LogP) is 2.63. The Balaban J connectivity index is 2.71. The van der Waals surface area contributed by atoms with Crippen LogP contribution in [0.1, 0.15) is 32.3 Å². The van der Waals surface area contributed by atoms with E-state index in [1.165, 1.54) is 12.1 Å². The van der Waals surface area contributed by atoms with Crippen molar-refractivity contribution in [2.24, 2.45) is 0 Å². The van der Waals surface area contributed by atoms with E-state index < -0.39 is 11.4 Å². The highest BCUT2D eigenvalue weighted by Gasteiger charge is 2.23. The van der Waals surface area contributed by atoms with Crippen molar-refractivity contribution in [3.8, 4) is 11.8 Å². The molecule has 17 heavy (non-hydrogen) atoms. The second kappa shape index (κ2) is 5.65. The van der Waals surface area contributed by atoms with Crippen molar-refractivity contribution in [2.75, 3.05) is 6.61 Å². The Labute approximate surface area is 100 Å². The second-order valence-electron chi connectivity index (χ2n) is 3.97. The summed E-state index contributed by atoms with van der Waals surface area (Å²) in [4.78, 5) is 0. The SMILES string of the molecule is CCC(O)(CC)COc1ccc(C#N)c(F)c1. The number of benzene rings is 1. The van der Waals surface area contributed by atoms with Crippen molar-refractivity contribution in [2.45, 2.75) is 32.3 Å². The second-order valence-corrected chi connectivity index (χ2v) is 3.97. The van der Waals surface area contributed by atoms with Crippen LogP contribution in [0.15, 0.2) is 18.2 Å². The Hall–Kier alpha value is -1.60. The van der Waals surface area contributed by atoms with E-state index in [1.54, 1.807) is 6.07 Å². The normalized spacial score (nSPS) is 11.0. The highest BCUT2D eigenvalue weighted by molar-refractivity contribution is 5.36. The number of aliphatic hydroxyl groups is 1. The van der Waals surface area contributed by atoms with Gasteiger partial charge in [-0.1, -0.05) is 13.8 Å². The van der Waals surface area contributed by atoms with Crippen LogP contribution in [-0.4, -0.2) is 17.3 Å². The molecule has 0 aliphatic carbocycles. The highest BCUT2D eigenvalue weighted by atomic mass is 19.1. The molecule has 0 saturated heterocycles. The molecule has 0 bridgehead atoms. The van der Waals surface area contributed by atoms with E-state index in [-0.39, 0.29) is 12.2 Å². The first kappa shape index (κ1) is 13.5. The molecule has 1 N–H and O–H groups in total. The van der Waals surface area contributed by atoms with E-state index in [9.17, 15) is 9.50 Å². The summed E-state index contributed by atoms with van der Waals surface area (Å²) in [5.41, 5.74) is -0.900. The molecule has 92 valence electrons. The van der Waals surface area contributed by atoms with E-state index >= 15 is 0 Å². The molecular formula is C13H16FNO2. The molecule has 4 heteroatoms. The fourth-order valence-electron chi connectivity index (χ4n) is 1.35. The van der Waals surface area contributed by atoms with Gasteiger partial charge in [0.2, 0.25) is 0 Å². The lowest BCUT2D eigenvalue weighted by Gasteiger charge is -2.25. The van der Waals surface area contributed by atoms with Crippen LogP contribution in [0.2, 0.25) is 0 Å². The molecule has 0 saturated carbocycles.